The number of hydrogen-bond acceptors (Lipinski definition) is 4. The minimum Gasteiger partial charge on any atom is -0.497 e. The summed E-state index contributed by atoms with van der Waals surface area (Å²) in [5.41, 5.74) is 3.38. The summed E-state index contributed by atoms with van der Waals surface area (Å²) >= 11 is 0. The molecule has 164 valence electrons. The average Bonchev–Trinajstić information content (AvgIpc) is 3.24. The van der Waals surface area contributed by atoms with Crippen molar-refractivity contribution < 1.29 is 14.6 Å². The van der Waals surface area contributed by atoms with E-state index >= 15 is 0 Å². The number of carbonyl (C=O) groups is 1. The molecule has 1 aliphatic heterocycles. The molecule has 0 saturated carbocycles. The van der Waals surface area contributed by atoms with E-state index in [4.69, 9.17) is 4.74 Å². The number of rotatable bonds is 8. The highest BCUT2D eigenvalue weighted by molar-refractivity contribution is 5.84. The van der Waals surface area contributed by atoms with Crippen LogP contribution in [-0.2, 0) is 4.79 Å². The van der Waals surface area contributed by atoms with Crippen LogP contribution in [0.15, 0.2) is 54.7 Å². The van der Waals surface area contributed by atoms with E-state index in [0.29, 0.717) is 13.1 Å². The number of amides is 1. The maximum atomic E-state index is 12.7. The van der Waals surface area contributed by atoms with E-state index in [9.17, 15) is 9.90 Å². The molecule has 3 aromatic rings. The van der Waals surface area contributed by atoms with Crippen LogP contribution in [0, 0.1) is 5.92 Å². The first kappa shape index (κ1) is 21.4. The molecule has 0 aliphatic carbocycles. The molecule has 2 heterocycles. The zero-order valence-corrected chi connectivity index (χ0v) is 18.0. The number of carbonyl (C=O) groups excluding carboxylic acids is 1. The van der Waals surface area contributed by atoms with Crippen molar-refractivity contribution in [1.29, 1.82) is 0 Å². The van der Waals surface area contributed by atoms with Gasteiger partial charge in [0.1, 0.15) is 5.75 Å². The number of aromatic nitrogens is 1. The Kier molecular flexibility index (Phi) is 6.89. The number of hydrogen-bond donors (Lipinski definition) is 3. The van der Waals surface area contributed by atoms with Gasteiger partial charge in [-0.2, -0.15) is 0 Å². The molecular weight excluding hydrogens is 390 g/mol. The number of benzene rings is 2. The quantitative estimate of drug-likeness (QED) is 0.522. The summed E-state index contributed by atoms with van der Waals surface area (Å²) < 4.78 is 5.31. The largest absolute Gasteiger partial charge is 0.497 e. The van der Waals surface area contributed by atoms with Gasteiger partial charge in [0, 0.05) is 42.7 Å². The summed E-state index contributed by atoms with van der Waals surface area (Å²) in [6.45, 7) is 2.78. The van der Waals surface area contributed by atoms with Gasteiger partial charge in [-0.15, -0.1) is 0 Å². The van der Waals surface area contributed by atoms with Gasteiger partial charge in [0.05, 0.1) is 13.7 Å². The monoisotopic (exact) mass is 421 g/mol. The number of likely N-dealkylation sites (tertiary alicyclic amines) is 1. The van der Waals surface area contributed by atoms with Crippen molar-refractivity contribution in [2.75, 3.05) is 39.9 Å². The second-order valence-corrected chi connectivity index (χ2v) is 8.35. The van der Waals surface area contributed by atoms with Gasteiger partial charge in [-0.25, -0.2) is 0 Å². The van der Waals surface area contributed by atoms with Crippen LogP contribution < -0.4 is 10.1 Å². The molecule has 0 radical (unpaired) electrons. The average molecular weight is 422 g/mol. The van der Waals surface area contributed by atoms with Gasteiger partial charge >= 0.3 is 0 Å². The summed E-state index contributed by atoms with van der Waals surface area (Å²) in [5, 5.41) is 13.8. The first-order chi connectivity index (χ1) is 15.2. The van der Waals surface area contributed by atoms with Crippen molar-refractivity contribution in [1.82, 2.24) is 15.2 Å². The third kappa shape index (κ3) is 5.09. The number of aromatic amines is 1. The van der Waals surface area contributed by atoms with Crippen molar-refractivity contribution in [3.05, 3.63) is 65.9 Å². The number of aliphatic hydroxyl groups excluding tert-OH is 1. The van der Waals surface area contributed by atoms with Crippen LogP contribution >= 0.6 is 0 Å². The molecule has 0 spiro atoms. The van der Waals surface area contributed by atoms with Gasteiger partial charge in [0.15, 0.2) is 0 Å². The molecule has 2 unspecified atom stereocenters. The fraction of sp³-hybridized carbons (Fsp3) is 0.400. The van der Waals surface area contributed by atoms with Gasteiger partial charge in [0.25, 0.3) is 0 Å². The Bertz CT molecular complexity index is 999. The van der Waals surface area contributed by atoms with E-state index in [1.54, 1.807) is 7.11 Å². The molecule has 31 heavy (non-hydrogen) atoms. The number of nitrogens with zero attached hydrogens (tertiary/aromatic N) is 1. The summed E-state index contributed by atoms with van der Waals surface area (Å²) in [7, 11) is 1.66. The molecular formula is C25H31N3O3. The predicted molar refractivity (Wildman–Crippen MR) is 122 cm³/mol. The van der Waals surface area contributed by atoms with Crippen LogP contribution in [0.5, 0.6) is 5.75 Å². The number of methoxy groups -OCH3 is 1. The van der Waals surface area contributed by atoms with Gasteiger partial charge in [0.2, 0.25) is 5.91 Å². The molecule has 0 bridgehead atoms. The predicted octanol–water partition coefficient (Wildman–Crippen LogP) is 3.13. The SMILES string of the molecule is COc1ccc(C(CNC(=O)CN2CCCC(CO)C2)c2c[nH]c3ccccc23)cc1. The molecule has 4 rings (SSSR count). The standard InChI is InChI=1S/C25H31N3O3/c1-31-20-10-8-19(9-11-20)22(23-14-26-24-7-3-2-6-21(23)24)13-27-25(30)16-28-12-4-5-18(15-28)17-29/h2-3,6-11,14,18,22,26,29H,4-5,12-13,15-17H2,1H3,(H,27,30). The van der Waals surface area contributed by atoms with E-state index in [1.807, 2.05) is 30.5 Å². The summed E-state index contributed by atoms with van der Waals surface area (Å²) in [6.07, 6.45) is 4.11. The highest BCUT2D eigenvalue weighted by atomic mass is 16.5. The van der Waals surface area contributed by atoms with E-state index in [2.05, 4.69) is 39.5 Å². The minimum atomic E-state index is 0.0249. The van der Waals surface area contributed by atoms with Gasteiger partial charge in [-0.1, -0.05) is 30.3 Å². The number of fused-ring (bicyclic) bond motifs is 1. The van der Waals surface area contributed by atoms with Crippen molar-refractivity contribution in [2.24, 2.45) is 5.92 Å². The molecule has 6 nitrogen and oxygen atoms in total. The van der Waals surface area contributed by atoms with Crippen LogP contribution in [0.1, 0.15) is 29.9 Å². The molecule has 1 aliphatic rings. The maximum absolute atomic E-state index is 12.7. The summed E-state index contributed by atoms with van der Waals surface area (Å²) in [6, 6.07) is 16.3. The topological polar surface area (TPSA) is 77.6 Å². The lowest BCUT2D eigenvalue weighted by atomic mass is 9.90. The third-order valence-electron chi connectivity index (χ3n) is 6.25. The number of nitrogens with one attached hydrogen (secondary N) is 2. The minimum absolute atomic E-state index is 0.0249. The molecule has 2 aromatic carbocycles. The lowest BCUT2D eigenvalue weighted by molar-refractivity contribution is -0.122. The van der Waals surface area contributed by atoms with Crippen LogP contribution in [-0.4, -0.2) is 60.8 Å². The fourth-order valence-corrected chi connectivity index (χ4v) is 4.54. The zero-order valence-electron chi connectivity index (χ0n) is 18.0. The molecule has 3 N–H and O–H groups in total. The smallest absolute Gasteiger partial charge is 0.234 e. The zero-order chi connectivity index (χ0) is 21.6. The summed E-state index contributed by atoms with van der Waals surface area (Å²) in [4.78, 5) is 18.2. The first-order valence-corrected chi connectivity index (χ1v) is 11.0. The number of para-hydroxylation sites is 1. The van der Waals surface area contributed by atoms with Crippen LogP contribution in [0.25, 0.3) is 10.9 Å². The lowest BCUT2D eigenvalue weighted by Gasteiger charge is -2.31. The molecule has 2 atom stereocenters. The van der Waals surface area contributed by atoms with E-state index in [0.717, 1.165) is 42.8 Å². The van der Waals surface area contributed by atoms with Crippen molar-refractivity contribution >= 4 is 16.8 Å². The van der Waals surface area contributed by atoms with E-state index in [-0.39, 0.29) is 24.3 Å². The Hall–Kier alpha value is -2.83. The second kappa shape index (κ2) is 9.98. The van der Waals surface area contributed by atoms with Crippen molar-refractivity contribution in [3.63, 3.8) is 0 Å². The number of piperidine rings is 1. The molecule has 1 aromatic heterocycles. The van der Waals surface area contributed by atoms with Gasteiger partial charge in [-0.05, 0) is 54.6 Å². The Morgan fingerprint density at radius 2 is 2.06 bits per heavy atom. The number of ether oxygens (including phenoxy) is 1. The Balaban J connectivity index is 1.50. The molecule has 1 amide bonds. The fourth-order valence-electron chi connectivity index (χ4n) is 4.54. The highest BCUT2D eigenvalue weighted by Gasteiger charge is 2.23. The van der Waals surface area contributed by atoms with Crippen LogP contribution in [0.3, 0.4) is 0 Å². The number of aliphatic hydroxyl groups is 1. The van der Waals surface area contributed by atoms with E-state index < -0.39 is 0 Å². The summed E-state index contributed by atoms with van der Waals surface area (Å²) in [5.74, 6) is 1.14. The molecule has 6 heteroatoms. The van der Waals surface area contributed by atoms with Gasteiger partial charge < -0.3 is 20.1 Å². The maximum Gasteiger partial charge on any atom is 0.234 e. The Morgan fingerprint density at radius 1 is 1.26 bits per heavy atom. The Labute approximate surface area is 183 Å². The van der Waals surface area contributed by atoms with Crippen LogP contribution in [0.2, 0.25) is 0 Å². The first-order valence-electron chi connectivity index (χ1n) is 11.0. The lowest BCUT2D eigenvalue weighted by Crippen LogP contribution is -2.44. The highest BCUT2D eigenvalue weighted by Crippen LogP contribution is 2.31. The normalized spacial score (nSPS) is 18.1. The van der Waals surface area contributed by atoms with Gasteiger partial charge in [-0.3, -0.25) is 9.69 Å². The Morgan fingerprint density at radius 3 is 2.84 bits per heavy atom. The van der Waals surface area contributed by atoms with Crippen molar-refractivity contribution in [2.45, 2.75) is 18.8 Å². The second-order valence-electron chi connectivity index (χ2n) is 8.35. The number of H-pyrrole nitrogens is 1. The molecule has 1 saturated heterocycles. The third-order valence-corrected chi connectivity index (χ3v) is 6.25. The van der Waals surface area contributed by atoms with E-state index in [1.165, 1.54) is 10.9 Å². The molecule has 1 fully saturated rings. The van der Waals surface area contributed by atoms with Crippen molar-refractivity contribution in [3.8, 4) is 5.75 Å². The van der Waals surface area contributed by atoms with Crippen LogP contribution in [0.4, 0.5) is 0 Å².